The van der Waals surface area contributed by atoms with Crippen LogP contribution in [0.1, 0.15) is 22.3 Å². The third-order valence-electron chi connectivity index (χ3n) is 5.73. The van der Waals surface area contributed by atoms with Crippen LogP contribution in [0.4, 0.5) is 0 Å². The van der Waals surface area contributed by atoms with E-state index in [0.717, 1.165) is 28.0 Å². The molecule has 1 N–H and O–H groups in total. The highest BCUT2D eigenvalue weighted by atomic mass is 16.5. The molecule has 4 aromatic carbocycles. The number of allylic oxidation sites excluding steroid dienone is 3. The maximum Gasteiger partial charge on any atom is 0.182 e. The standard InChI is InChI=1S/C34H30O5/c1-37-34-22-27(16-21-33(34)39-25-29-10-6-3-7-11-29)13-18-31(36)23-30(35)17-12-26-14-19-32(20-15-26)38-24-28-8-4-2-5-9-28/h2-23,36H,24-25H2,1H3/b17-12+,18-13+,31-23-. The third-order valence-corrected chi connectivity index (χ3v) is 5.73. The number of rotatable bonds is 12. The Balaban J connectivity index is 1.29. The highest BCUT2D eigenvalue weighted by molar-refractivity contribution is 6.02. The Morgan fingerprint density at radius 3 is 1.92 bits per heavy atom. The van der Waals surface area contributed by atoms with Crippen LogP contribution in [0.5, 0.6) is 17.2 Å². The average Bonchev–Trinajstić information content (AvgIpc) is 2.98. The summed E-state index contributed by atoms with van der Waals surface area (Å²) in [6.45, 7) is 0.919. The molecule has 0 radical (unpaired) electrons. The van der Waals surface area contributed by atoms with Crippen LogP contribution in [0.3, 0.4) is 0 Å². The molecule has 0 aliphatic rings. The van der Waals surface area contributed by atoms with E-state index < -0.39 is 0 Å². The van der Waals surface area contributed by atoms with Crippen molar-refractivity contribution in [3.05, 3.63) is 149 Å². The number of hydrogen-bond donors (Lipinski definition) is 1. The van der Waals surface area contributed by atoms with Crippen LogP contribution in [0.25, 0.3) is 12.2 Å². The van der Waals surface area contributed by atoms with Gasteiger partial charge in [-0.2, -0.15) is 0 Å². The highest BCUT2D eigenvalue weighted by Crippen LogP contribution is 2.29. The van der Waals surface area contributed by atoms with Gasteiger partial charge in [0.25, 0.3) is 0 Å². The molecule has 0 fully saturated rings. The number of aliphatic hydroxyl groups is 1. The summed E-state index contributed by atoms with van der Waals surface area (Å²) < 4.78 is 17.1. The van der Waals surface area contributed by atoms with Gasteiger partial charge in [-0.25, -0.2) is 0 Å². The zero-order valence-electron chi connectivity index (χ0n) is 21.7. The molecule has 5 nitrogen and oxygen atoms in total. The predicted octanol–water partition coefficient (Wildman–Crippen LogP) is 7.59. The summed E-state index contributed by atoms with van der Waals surface area (Å²) in [5.41, 5.74) is 3.79. The summed E-state index contributed by atoms with van der Waals surface area (Å²) in [6.07, 6.45) is 7.42. The molecule has 0 saturated carbocycles. The smallest absolute Gasteiger partial charge is 0.182 e. The molecule has 0 aliphatic heterocycles. The Hall–Kier alpha value is -5.03. The van der Waals surface area contributed by atoms with E-state index in [2.05, 4.69) is 0 Å². The van der Waals surface area contributed by atoms with Gasteiger partial charge in [0.05, 0.1) is 7.11 Å². The molecule has 0 bridgehead atoms. The molecule has 0 atom stereocenters. The first-order chi connectivity index (χ1) is 19.1. The number of benzene rings is 4. The van der Waals surface area contributed by atoms with E-state index >= 15 is 0 Å². The Morgan fingerprint density at radius 2 is 1.28 bits per heavy atom. The van der Waals surface area contributed by atoms with E-state index in [1.165, 1.54) is 18.2 Å². The number of carbonyl (C=O) groups excluding carboxylic acids is 1. The summed E-state index contributed by atoms with van der Waals surface area (Å²) in [6, 6.07) is 32.7. The van der Waals surface area contributed by atoms with E-state index in [1.54, 1.807) is 25.3 Å². The van der Waals surface area contributed by atoms with Crippen LogP contribution in [0, 0.1) is 0 Å². The summed E-state index contributed by atoms with van der Waals surface area (Å²) >= 11 is 0. The van der Waals surface area contributed by atoms with Crippen LogP contribution in [0.2, 0.25) is 0 Å². The summed E-state index contributed by atoms with van der Waals surface area (Å²) in [5, 5.41) is 10.2. The van der Waals surface area contributed by atoms with Gasteiger partial charge in [-0.1, -0.05) is 91.0 Å². The second-order valence-corrected chi connectivity index (χ2v) is 8.67. The summed E-state index contributed by atoms with van der Waals surface area (Å²) in [7, 11) is 1.58. The Labute approximate surface area is 228 Å². The fourth-order valence-corrected chi connectivity index (χ4v) is 3.66. The molecule has 4 rings (SSSR count). The number of aliphatic hydroxyl groups excluding tert-OH is 1. The Morgan fingerprint density at radius 1 is 0.692 bits per heavy atom. The minimum absolute atomic E-state index is 0.155. The Kier molecular flexibility index (Phi) is 9.73. The number of methoxy groups -OCH3 is 1. The number of ether oxygens (including phenoxy) is 3. The van der Waals surface area contributed by atoms with Gasteiger partial charge in [0.1, 0.15) is 24.7 Å². The van der Waals surface area contributed by atoms with Crippen LogP contribution in [0.15, 0.2) is 127 Å². The molecule has 0 unspecified atom stereocenters. The van der Waals surface area contributed by atoms with E-state index in [9.17, 15) is 9.90 Å². The van der Waals surface area contributed by atoms with Crippen LogP contribution in [-0.4, -0.2) is 18.0 Å². The first-order valence-corrected chi connectivity index (χ1v) is 12.5. The van der Waals surface area contributed by atoms with E-state index in [4.69, 9.17) is 14.2 Å². The fraction of sp³-hybridized carbons (Fsp3) is 0.0882. The molecular formula is C34H30O5. The van der Waals surface area contributed by atoms with Crippen molar-refractivity contribution in [3.8, 4) is 17.2 Å². The lowest BCUT2D eigenvalue weighted by molar-refractivity contribution is -0.110. The first-order valence-electron chi connectivity index (χ1n) is 12.5. The topological polar surface area (TPSA) is 65.0 Å². The van der Waals surface area contributed by atoms with Gasteiger partial charge in [0.15, 0.2) is 17.3 Å². The highest BCUT2D eigenvalue weighted by Gasteiger charge is 2.06. The first kappa shape index (κ1) is 27.0. The lowest BCUT2D eigenvalue weighted by Gasteiger charge is -2.11. The molecule has 0 saturated heterocycles. The van der Waals surface area contributed by atoms with Gasteiger partial charge in [-0.15, -0.1) is 0 Å². The second kappa shape index (κ2) is 14.1. The summed E-state index contributed by atoms with van der Waals surface area (Å²) in [4.78, 5) is 12.3. The van der Waals surface area contributed by atoms with E-state index in [0.29, 0.717) is 24.7 Å². The molecule has 0 amide bonds. The van der Waals surface area contributed by atoms with Crippen molar-refractivity contribution in [3.63, 3.8) is 0 Å². The van der Waals surface area contributed by atoms with Crippen molar-refractivity contribution < 1.29 is 24.1 Å². The van der Waals surface area contributed by atoms with E-state index in [-0.39, 0.29) is 11.5 Å². The van der Waals surface area contributed by atoms with Crippen LogP contribution >= 0.6 is 0 Å². The van der Waals surface area contributed by atoms with Crippen molar-refractivity contribution in [2.24, 2.45) is 0 Å². The minimum atomic E-state index is -0.330. The normalized spacial score (nSPS) is 11.6. The molecule has 39 heavy (non-hydrogen) atoms. The molecule has 5 heteroatoms. The zero-order valence-corrected chi connectivity index (χ0v) is 21.7. The number of hydrogen-bond acceptors (Lipinski definition) is 5. The van der Waals surface area contributed by atoms with Gasteiger partial charge >= 0.3 is 0 Å². The van der Waals surface area contributed by atoms with Gasteiger partial charge in [0.2, 0.25) is 0 Å². The van der Waals surface area contributed by atoms with Crippen molar-refractivity contribution in [1.82, 2.24) is 0 Å². The lowest BCUT2D eigenvalue weighted by atomic mass is 10.1. The average molecular weight is 519 g/mol. The van der Waals surface area contributed by atoms with Gasteiger partial charge in [0, 0.05) is 6.08 Å². The lowest BCUT2D eigenvalue weighted by Crippen LogP contribution is -1.97. The molecule has 0 spiro atoms. The summed E-state index contributed by atoms with van der Waals surface area (Å²) in [5.74, 6) is 1.46. The molecule has 4 aromatic rings. The van der Waals surface area contributed by atoms with Crippen molar-refractivity contribution in [2.75, 3.05) is 7.11 Å². The number of ketones is 1. The molecule has 0 aromatic heterocycles. The van der Waals surface area contributed by atoms with Crippen LogP contribution < -0.4 is 14.2 Å². The van der Waals surface area contributed by atoms with Gasteiger partial charge in [-0.3, -0.25) is 4.79 Å². The van der Waals surface area contributed by atoms with Gasteiger partial charge < -0.3 is 19.3 Å². The van der Waals surface area contributed by atoms with Crippen molar-refractivity contribution in [2.45, 2.75) is 13.2 Å². The monoisotopic (exact) mass is 518 g/mol. The van der Waals surface area contributed by atoms with Gasteiger partial charge in [-0.05, 0) is 58.7 Å². The maximum absolute atomic E-state index is 12.3. The molecule has 0 aliphatic carbocycles. The molecule has 196 valence electrons. The molecular weight excluding hydrogens is 488 g/mol. The van der Waals surface area contributed by atoms with Crippen LogP contribution in [-0.2, 0) is 18.0 Å². The van der Waals surface area contributed by atoms with Crippen molar-refractivity contribution in [1.29, 1.82) is 0 Å². The molecule has 0 heterocycles. The van der Waals surface area contributed by atoms with Crippen molar-refractivity contribution >= 4 is 17.9 Å². The minimum Gasteiger partial charge on any atom is -0.508 e. The fourth-order valence-electron chi connectivity index (χ4n) is 3.66. The number of carbonyl (C=O) groups is 1. The predicted molar refractivity (Wildman–Crippen MR) is 155 cm³/mol. The SMILES string of the molecule is COc1cc(/C=C/C(O)=C/C(=O)/C=C/c2ccc(OCc3ccccc3)cc2)ccc1OCc1ccccc1. The quantitative estimate of drug-likeness (QED) is 0.119. The maximum atomic E-state index is 12.3. The Bertz CT molecular complexity index is 1440. The second-order valence-electron chi connectivity index (χ2n) is 8.67. The largest absolute Gasteiger partial charge is 0.508 e. The third kappa shape index (κ3) is 8.79. The zero-order chi connectivity index (χ0) is 27.3. The van der Waals surface area contributed by atoms with E-state index in [1.807, 2.05) is 97.1 Å².